The van der Waals surface area contributed by atoms with E-state index in [0.29, 0.717) is 12.8 Å². The first-order chi connectivity index (χ1) is 13.3. The maximum Gasteiger partial charge on any atom is 0.220 e. The fourth-order valence-corrected chi connectivity index (χ4v) is 3.88. The van der Waals surface area contributed by atoms with Crippen molar-refractivity contribution in [3.63, 3.8) is 0 Å². The molecule has 6 nitrogen and oxygen atoms in total. The van der Waals surface area contributed by atoms with Crippen LogP contribution in [0, 0.1) is 20.8 Å². The van der Waals surface area contributed by atoms with Crippen molar-refractivity contribution in [1.82, 2.24) is 20.1 Å². The van der Waals surface area contributed by atoms with Crippen molar-refractivity contribution in [2.75, 3.05) is 7.11 Å². The number of ether oxygens (including phenoxy) is 1. The predicted octanol–water partition coefficient (Wildman–Crippen LogP) is 3.71. The van der Waals surface area contributed by atoms with Gasteiger partial charge in [0.15, 0.2) is 5.65 Å². The molecule has 0 bridgehead atoms. The number of benzene rings is 1. The van der Waals surface area contributed by atoms with Crippen LogP contribution in [0.15, 0.2) is 24.3 Å². The minimum Gasteiger partial charge on any atom is -0.496 e. The average Bonchev–Trinajstić information content (AvgIpc) is 2.94. The van der Waals surface area contributed by atoms with Gasteiger partial charge in [0.1, 0.15) is 5.75 Å². The van der Waals surface area contributed by atoms with Crippen LogP contribution in [0.5, 0.6) is 5.75 Å². The number of methoxy groups -OCH3 is 1. The number of para-hydroxylation sites is 1. The Morgan fingerprint density at radius 2 is 1.93 bits per heavy atom. The molecule has 6 heteroatoms. The first kappa shape index (κ1) is 19.9. The number of rotatable bonds is 6. The highest BCUT2D eigenvalue weighted by atomic mass is 16.5. The van der Waals surface area contributed by atoms with E-state index in [1.54, 1.807) is 7.11 Å². The third-order valence-corrected chi connectivity index (χ3v) is 5.31. The summed E-state index contributed by atoms with van der Waals surface area (Å²) in [7, 11) is 3.55. The lowest BCUT2D eigenvalue weighted by molar-refractivity contribution is -0.121. The third kappa shape index (κ3) is 3.72. The molecule has 0 aliphatic carbocycles. The monoisotopic (exact) mass is 380 g/mol. The smallest absolute Gasteiger partial charge is 0.220 e. The number of aryl methyl sites for hydroxylation is 4. The molecule has 0 spiro atoms. The standard InChI is InChI=1S/C22H28N4O2/c1-13-17(14(2)24-22-21(13)16(4)25-26(22)5)11-12-20(27)23-15(3)18-9-7-8-10-19(18)28-6/h7-10,15H,11-12H2,1-6H3,(H,23,27). The van der Waals surface area contributed by atoms with Crippen LogP contribution in [0.3, 0.4) is 0 Å². The van der Waals surface area contributed by atoms with Gasteiger partial charge in [-0.05, 0) is 51.3 Å². The van der Waals surface area contributed by atoms with E-state index in [1.165, 1.54) is 5.56 Å². The van der Waals surface area contributed by atoms with Crippen LogP contribution >= 0.6 is 0 Å². The van der Waals surface area contributed by atoms with E-state index < -0.39 is 0 Å². The van der Waals surface area contributed by atoms with Crippen molar-refractivity contribution < 1.29 is 9.53 Å². The van der Waals surface area contributed by atoms with Crippen molar-refractivity contribution in [2.45, 2.75) is 46.6 Å². The molecule has 28 heavy (non-hydrogen) atoms. The van der Waals surface area contributed by atoms with Gasteiger partial charge in [-0.15, -0.1) is 0 Å². The number of amides is 1. The maximum absolute atomic E-state index is 12.6. The van der Waals surface area contributed by atoms with Gasteiger partial charge in [-0.3, -0.25) is 9.48 Å². The number of carbonyl (C=O) groups excluding carboxylic acids is 1. The second kappa shape index (κ2) is 8.00. The average molecular weight is 380 g/mol. The zero-order chi connectivity index (χ0) is 20.4. The van der Waals surface area contributed by atoms with E-state index in [9.17, 15) is 4.79 Å². The molecular weight excluding hydrogens is 352 g/mol. The van der Waals surface area contributed by atoms with Gasteiger partial charge in [0.05, 0.1) is 18.8 Å². The van der Waals surface area contributed by atoms with Gasteiger partial charge in [-0.25, -0.2) is 4.98 Å². The summed E-state index contributed by atoms with van der Waals surface area (Å²) in [6.45, 7) is 8.06. The summed E-state index contributed by atoms with van der Waals surface area (Å²) in [6.07, 6.45) is 1.06. The van der Waals surface area contributed by atoms with Crippen LogP contribution in [0.2, 0.25) is 0 Å². The van der Waals surface area contributed by atoms with Crippen LogP contribution in [-0.4, -0.2) is 27.8 Å². The molecule has 0 aliphatic heterocycles. The lowest BCUT2D eigenvalue weighted by atomic mass is 9.99. The number of hydrogen-bond acceptors (Lipinski definition) is 4. The van der Waals surface area contributed by atoms with Gasteiger partial charge in [0.2, 0.25) is 5.91 Å². The highest BCUT2D eigenvalue weighted by molar-refractivity contribution is 5.84. The van der Waals surface area contributed by atoms with Crippen molar-refractivity contribution in [2.24, 2.45) is 7.05 Å². The SMILES string of the molecule is COc1ccccc1C(C)NC(=O)CCc1c(C)nc2c(c(C)nn2C)c1C. The zero-order valence-corrected chi connectivity index (χ0v) is 17.5. The molecule has 1 N–H and O–H groups in total. The van der Waals surface area contributed by atoms with Crippen molar-refractivity contribution >= 4 is 16.9 Å². The number of fused-ring (bicyclic) bond motifs is 1. The van der Waals surface area contributed by atoms with E-state index in [-0.39, 0.29) is 11.9 Å². The molecule has 0 aliphatic rings. The predicted molar refractivity (Wildman–Crippen MR) is 111 cm³/mol. The number of nitrogens with zero attached hydrogens (tertiary/aromatic N) is 3. The topological polar surface area (TPSA) is 69.0 Å². The number of pyridine rings is 1. The van der Waals surface area contributed by atoms with Crippen LogP contribution < -0.4 is 10.1 Å². The number of hydrogen-bond donors (Lipinski definition) is 1. The minimum absolute atomic E-state index is 0.0141. The minimum atomic E-state index is -0.119. The highest BCUT2D eigenvalue weighted by Crippen LogP contribution is 2.27. The number of nitrogens with one attached hydrogen (secondary N) is 1. The van der Waals surface area contributed by atoms with Gasteiger partial charge in [-0.1, -0.05) is 18.2 Å². The van der Waals surface area contributed by atoms with Gasteiger partial charge in [0, 0.05) is 30.1 Å². The summed E-state index contributed by atoms with van der Waals surface area (Å²) in [5, 5.41) is 8.65. The molecule has 1 amide bonds. The molecule has 148 valence electrons. The van der Waals surface area contributed by atoms with Crippen molar-refractivity contribution in [3.05, 3.63) is 52.3 Å². The van der Waals surface area contributed by atoms with E-state index >= 15 is 0 Å². The number of carbonyl (C=O) groups is 1. The summed E-state index contributed by atoms with van der Waals surface area (Å²) in [6, 6.07) is 7.63. The van der Waals surface area contributed by atoms with Gasteiger partial charge in [0.25, 0.3) is 0 Å². The summed E-state index contributed by atoms with van der Waals surface area (Å²) < 4.78 is 7.21. The quantitative estimate of drug-likeness (QED) is 0.708. The fraction of sp³-hybridized carbons (Fsp3) is 0.409. The lowest BCUT2D eigenvalue weighted by Crippen LogP contribution is -2.27. The first-order valence-corrected chi connectivity index (χ1v) is 9.55. The third-order valence-electron chi connectivity index (χ3n) is 5.31. The Morgan fingerprint density at radius 1 is 1.21 bits per heavy atom. The van der Waals surface area contributed by atoms with Crippen molar-refractivity contribution in [3.8, 4) is 5.75 Å². The molecule has 0 radical (unpaired) electrons. The fourth-order valence-electron chi connectivity index (χ4n) is 3.88. The van der Waals surface area contributed by atoms with Gasteiger partial charge >= 0.3 is 0 Å². The molecule has 1 atom stereocenters. The summed E-state index contributed by atoms with van der Waals surface area (Å²) in [5.41, 5.74) is 6.09. The normalized spacial score (nSPS) is 12.2. The Hall–Kier alpha value is -2.89. The molecule has 0 saturated heterocycles. The van der Waals surface area contributed by atoms with E-state index in [0.717, 1.165) is 39.3 Å². The molecule has 1 aromatic carbocycles. The van der Waals surface area contributed by atoms with Crippen LogP contribution in [0.4, 0.5) is 0 Å². The van der Waals surface area contributed by atoms with E-state index in [1.807, 2.05) is 56.8 Å². The Balaban J connectivity index is 1.73. The summed E-state index contributed by atoms with van der Waals surface area (Å²) in [4.78, 5) is 17.3. The van der Waals surface area contributed by atoms with Crippen LogP contribution in [0.1, 0.15) is 47.5 Å². The Labute approximate surface area is 165 Å². The van der Waals surface area contributed by atoms with Crippen LogP contribution in [-0.2, 0) is 18.3 Å². The number of aromatic nitrogens is 3. The molecule has 3 aromatic rings. The molecule has 3 rings (SSSR count). The second-order valence-electron chi connectivity index (χ2n) is 7.24. The summed E-state index contributed by atoms with van der Waals surface area (Å²) >= 11 is 0. The molecule has 2 heterocycles. The Kier molecular flexibility index (Phi) is 5.68. The van der Waals surface area contributed by atoms with Gasteiger partial charge in [-0.2, -0.15) is 5.10 Å². The largest absolute Gasteiger partial charge is 0.496 e. The maximum atomic E-state index is 12.6. The van der Waals surface area contributed by atoms with E-state index in [4.69, 9.17) is 9.72 Å². The second-order valence-corrected chi connectivity index (χ2v) is 7.24. The first-order valence-electron chi connectivity index (χ1n) is 9.55. The molecule has 2 aromatic heterocycles. The highest BCUT2D eigenvalue weighted by Gasteiger charge is 2.17. The Morgan fingerprint density at radius 3 is 2.64 bits per heavy atom. The zero-order valence-electron chi connectivity index (χ0n) is 17.5. The lowest BCUT2D eigenvalue weighted by Gasteiger charge is -2.17. The molecule has 0 saturated carbocycles. The van der Waals surface area contributed by atoms with E-state index in [2.05, 4.69) is 17.3 Å². The molecule has 0 fully saturated rings. The van der Waals surface area contributed by atoms with Gasteiger partial charge < -0.3 is 10.1 Å². The molecule has 1 unspecified atom stereocenters. The van der Waals surface area contributed by atoms with Crippen LogP contribution in [0.25, 0.3) is 11.0 Å². The molecular formula is C22H28N4O2. The Bertz CT molecular complexity index is 1020. The van der Waals surface area contributed by atoms with Crippen molar-refractivity contribution in [1.29, 1.82) is 0 Å². The summed E-state index contributed by atoms with van der Waals surface area (Å²) in [5.74, 6) is 0.795.